The molecule has 0 radical (unpaired) electrons. The van der Waals surface area contributed by atoms with Gasteiger partial charge in [0.05, 0.1) is 0 Å². The van der Waals surface area contributed by atoms with Crippen LogP contribution in [0.15, 0.2) is 0 Å². The smallest absolute Gasteiger partial charge is 0.287 e. The summed E-state index contributed by atoms with van der Waals surface area (Å²) in [5.74, 6) is -1.29. The third kappa shape index (κ3) is 11.4. The molecule has 0 amide bonds. The summed E-state index contributed by atoms with van der Waals surface area (Å²) in [6, 6.07) is -1.38. The topological polar surface area (TPSA) is 81.3 Å². The number of aliphatic hydroxyl groups is 1. The van der Waals surface area contributed by atoms with Gasteiger partial charge >= 0.3 is 35.0 Å². The standard InChI is InChI=1S/C3H6NO3.2ClH.Pd/c4-2(1-5)3(6)7;;;/h2,4-5H,1H2,(H,6,7);2*1H;/q-1;;;+2/p-2. The first-order chi connectivity index (χ1) is 4.59. The number of aliphatic hydroxyl groups excluding tert-OH is 1. The Morgan fingerprint density at radius 1 is 1.70 bits per heavy atom. The van der Waals surface area contributed by atoms with E-state index in [2.05, 4.69) is 0 Å². The minimum atomic E-state index is -1.38. The van der Waals surface area contributed by atoms with Gasteiger partial charge in [-0.3, -0.25) is 4.79 Å². The monoisotopic (exact) mass is 280 g/mol. The summed E-state index contributed by atoms with van der Waals surface area (Å²) in [5, 5.41) is 15.8. The summed E-state index contributed by atoms with van der Waals surface area (Å²) in [5.41, 5.74) is 6.43. The number of nitrogens with one attached hydrogen (secondary N) is 1. The molecule has 1 atom stereocenters. The predicted molar refractivity (Wildman–Crippen MR) is 34.5 cm³/mol. The molecule has 0 saturated heterocycles. The fourth-order valence-electron chi connectivity index (χ4n) is 0.0781. The van der Waals surface area contributed by atoms with Gasteiger partial charge < -0.3 is 15.9 Å². The first kappa shape index (κ1) is 13.2. The van der Waals surface area contributed by atoms with Gasteiger partial charge in [-0.25, -0.2) is 0 Å². The molecule has 3 N–H and O–H groups in total. The van der Waals surface area contributed by atoms with Crippen LogP contribution in [0.1, 0.15) is 0 Å². The van der Waals surface area contributed by atoms with Crippen LogP contribution < -0.4 is 0 Å². The van der Waals surface area contributed by atoms with Crippen molar-refractivity contribution in [2.75, 3.05) is 6.61 Å². The van der Waals surface area contributed by atoms with Gasteiger partial charge in [0.2, 0.25) is 0 Å². The minimum absolute atomic E-state index is 0.106. The average molecular weight is 281 g/mol. The number of rotatable bonds is 2. The van der Waals surface area contributed by atoms with Crippen molar-refractivity contribution < 1.29 is 30.9 Å². The number of hydrogen-bond acceptors (Lipinski definition) is 2. The third-order valence-corrected chi connectivity index (χ3v) is 0.481. The summed E-state index contributed by atoms with van der Waals surface area (Å²) in [6.45, 7) is -0.616. The molecule has 0 spiro atoms. The van der Waals surface area contributed by atoms with Crippen molar-refractivity contribution in [1.29, 1.82) is 0 Å². The maximum Gasteiger partial charge on any atom is 0.287 e. The molecular weight excluding hydrogens is 275 g/mol. The third-order valence-electron chi connectivity index (χ3n) is 0.481. The molecule has 1 unspecified atom stereocenters. The fourth-order valence-corrected chi connectivity index (χ4v) is 0.0781. The number of carboxylic acids is 1. The van der Waals surface area contributed by atoms with Crippen LogP contribution in [-0.4, -0.2) is 28.8 Å². The SMILES string of the molecule is [Cl][Pd][Cl].[NH-]C(CO)C(=O)O. The van der Waals surface area contributed by atoms with Crippen LogP contribution in [-0.2, 0) is 20.7 Å². The predicted octanol–water partition coefficient (Wildman–Crippen LogP) is 0.861. The zero-order valence-corrected chi connectivity index (χ0v) is 7.73. The van der Waals surface area contributed by atoms with Crippen molar-refractivity contribution in [2.45, 2.75) is 6.04 Å². The molecule has 0 heterocycles. The Hall–Kier alpha value is 0.632. The Balaban J connectivity index is 0. The van der Waals surface area contributed by atoms with Gasteiger partial charge in [-0.1, -0.05) is 0 Å². The molecule has 0 saturated carbocycles. The molecule has 0 aliphatic rings. The Labute approximate surface area is 74.4 Å². The summed E-state index contributed by atoms with van der Waals surface area (Å²) in [7, 11) is 9.63. The van der Waals surface area contributed by atoms with E-state index in [9.17, 15) is 4.79 Å². The number of carboxylic acid groups (broad SMARTS) is 1. The zero-order chi connectivity index (χ0) is 8.57. The van der Waals surface area contributed by atoms with E-state index in [0.29, 0.717) is 0 Å². The maximum atomic E-state index is 9.58. The molecular formula is C3H6Cl2NO3Pd-. The number of halogens is 2. The second-order valence-electron chi connectivity index (χ2n) is 1.12. The summed E-state index contributed by atoms with van der Waals surface area (Å²) < 4.78 is 0. The van der Waals surface area contributed by atoms with Gasteiger partial charge in [0.15, 0.2) is 0 Å². The molecule has 4 nitrogen and oxygen atoms in total. The van der Waals surface area contributed by atoms with E-state index in [-0.39, 0.29) is 15.9 Å². The van der Waals surface area contributed by atoms with Gasteiger partial charge in [0, 0.05) is 6.61 Å². The van der Waals surface area contributed by atoms with Crippen LogP contribution in [0.5, 0.6) is 0 Å². The molecule has 0 bridgehead atoms. The van der Waals surface area contributed by atoms with Crippen molar-refractivity contribution in [2.24, 2.45) is 0 Å². The van der Waals surface area contributed by atoms with Crippen molar-refractivity contribution in [1.82, 2.24) is 0 Å². The molecule has 66 valence electrons. The van der Waals surface area contributed by atoms with Crippen molar-refractivity contribution >= 4 is 25.0 Å². The van der Waals surface area contributed by atoms with Crippen LogP contribution in [0.25, 0.3) is 5.73 Å². The van der Waals surface area contributed by atoms with Gasteiger partial charge in [-0.2, -0.15) is 0 Å². The van der Waals surface area contributed by atoms with Crippen molar-refractivity contribution in [3.63, 3.8) is 0 Å². The van der Waals surface area contributed by atoms with Crippen LogP contribution in [0.2, 0.25) is 0 Å². The zero-order valence-electron chi connectivity index (χ0n) is 4.66. The Morgan fingerprint density at radius 2 is 2.00 bits per heavy atom. The fraction of sp³-hybridized carbons (Fsp3) is 0.667. The Morgan fingerprint density at radius 3 is 2.00 bits per heavy atom. The van der Waals surface area contributed by atoms with Crippen molar-refractivity contribution in [3.8, 4) is 0 Å². The van der Waals surface area contributed by atoms with Crippen LogP contribution in [0.4, 0.5) is 0 Å². The van der Waals surface area contributed by atoms with Gasteiger partial charge in [0.25, 0.3) is 5.97 Å². The molecule has 10 heavy (non-hydrogen) atoms. The molecule has 0 aromatic heterocycles. The number of carbonyl (C=O) groups is 1. The molecule has 7 heteroatoms. The second-order valence-corrected chi connectivity index (χ2v) is 3.48. The van der Waals surface area contributed by atoms with Crippen LogP contribution in [0, 0.1) is 0 Å². The number of aliphatic carboxylic acids is 1. The minimum Gasteiger partial charge on any atom is -0.663 e. The van der Waals surface area contributed by atoms with E-state index in [1.54, 1.807) is 0 Å². The molecule has 0 rings (SSSR count). The van der Waals surface area contributed by atoms with E-state index in [1.807, 2.05) is 0 Å². The molecule has 0 fully saturated rings. The summed E-state index contributed by atoms with van der Waals surface area (Å²) in [6.07, 6.45) is 0. The summed E-state index contributed by atoms with van der Waals surface area (Å²) >= 11 is -0.106. The summed E-state index contributed by atoms with van der Waals surface area (Å²) in [4.78, 5) is 9.58. The van der Waals surface area contributed by atoms with Crippen LogP contribution >= 0.6 is 19.1 Å². The van der Waals surface area contributed by atoms with E-state index < -0.39 is 18.6 Å². The van der Waals surface area contributed by atoms with E-state index in [1.165, 1.54) is 0 Å². The Kier molecular flexibility index (Phi) is 12.8. The normalized spacial score (nSPS) is 11.6. The van der Waals surface area contributed by atoms with Gasteiger partial charge in [0.1, 0.15) is 0 Å². The number of hydrogen-bond donors (Lipinski definition) is 2. The van der Waals surface area contributed by atoms with Gasteiger partial charge in [-0.15, -0.1) is 0 Å². The molecule has 0 aliphatic carbocycles. The first-order valence-electron chi connectivity index (χ1n) is 1.97. The van der Waals surface area contributed by atoms with Crippen LogP contribution in [0.3, 0.4) is 0 Å². The first-order valence-corrected chi connectivity index (χ1v) is 5.97. The quantitative estimate of drug-likeness (QED) is 0.737. The molecule has 0 aliphatic heterocycles. The largest absolute Gasteiger partial charge is 0.663 e. The second kappa shape index (κ2) is 9.63. The Bertz CT molecular complexity index is 93.8. The van der Waals surface area contributed by atoms with E-state index in [0.717, 1.165) is 0 Å². The van der Waals surface area contributed by atoms with Crippen molar-refractivity contribution in [3.05, 3.63) is 5.73 Å². The maximum absolute atomic E-state index is 9.58. The van der Waals surface area contributed by atoms with Gasteiger partial charge in [-0.05, 0) is 6.04 Å². The van der Waals surface area contributed by atoms with E-state index in [4.69, 9.17) is 35.0 Å². The van der Waals surface area contributed by atoms with E-state index >= 15 is 0 Å². The average Bonchev–Trinajstić information content (AvgIpc) is 1.88. The molecule has 0 aromatic rings. The molecule has 0 aromatic carbocycles.